The van der Waals surface area contributed by atoms with Gasteiger partial charge in [-0.3, -0.25) is 4.79 Å². The molecule has 3 heteroatoms. The van der Waals surface area contributed by atoms with Crippen LogP contribution in [0, 0.1) is 11.8 Å². The molecule has 0 spiro atoms. The Kier molecular flexibility index (Phi) is 3.29. The SMILES string of the molecule is C[C@H]1CCN(C(=O)C2CCC(O)CC2)C1. The van der Waals surface area contributed by atoms with Gasteiger partial charge >= 0.3 is 0 Å². The molecule has 3 nitrogen and oxygen atoms in total. The van der Waals surface area contributed by atoms with Gasteiger partial charge in [-0.15, -0.1) is 0 Å². The van der Waals surface area contributed by atoms with Crippen molar-refractivity contribution in [3.8, 4) is 0 Å². The number of hydrogen-bond donors (Lipinski definition) is 1. The lowest BCUT2D eigenvalue weighted by Crippen LogP contribution is -2.36. The second-order valence-corrected chi connectivity index (χ2v) is 5.18. The highest BCUT2D eigenvalue weighted by atomic mass is 16.3. The molecule has 0 unspecified atom stereocenters. The van der Waals surface area contributed by atoms with Gasteiger partial charge in [0.15, 0.2) is 0 Å². The molecule has 86 valence electrons. The number of aliphatic hydroxyl groups is 1. The Morgan fingerprint density at radius 3 is 2.40 bits per heavy atom. The minimum Gasteiger partial charge on any atom is -0.393 e. The van der Waals surface area contributed by atoms with E-state index < -0.39 is 0 Å². The van der Waals surface area contributed by atoms with Crippen LogP contribution in [0.3, 0.4) is 0 Å². The topological polar surface area (TPSA) is 40.5 Å². The number of carbonyl (C=O) groups excluding carboxylic acids is 1. The summed E-state index contributed by atoms with van der Waals surface area (Å²) < 4.78 is 0. The van der Waals surface area contributed by atoms with Crippen molar-refractivity contribution >= 4 is 5.91 Å². The minimum absolute atomic E-state index is 0.161. The number of aliphatic hydroxyl groups excluding tert-OH is 1. The van der Waals surface area contributed by atoms with Crippen LogP contribution in [0.1, 0.15) is 39.0 Å². The predicted molar refractivity (Wildman–Crippen MR) is 58.3 cm³/mol. The Hall–Kier alpha value is -0.570. The Morgan fingerprint density at radius 2 is 1.87 bits per heavy atom. The first kappa shape index (κ1) is 10.9. The normalized spacial score (nSPS) is 36.9. The smallest absolute Gasteiger partial charge is 0.225 e. The van der Waals surface area contributed by atoms with Crippen LogP contribution in [-0.4, -0.2) is 35.1 Å². The molecule has 1 amide bonds. The van der Waals surface area contributed by atoms with Gasteiger partial charge in [-0.2, -0.15) is 0 Å². The largest absolute Gasteiger partial charge is 0.393 e. The molecule has 1 saturated carbocycles. The quantitative estimate of drug-likeness (QED) is 0.712. The lowest BCUT2D eigenvalue weighted by Gasteiger charge is -2.28. The summed E-state index contributed by atoms with van der Waals surface area (Å²) in [5.74, 6) is 1.20. The van der Waals surface area contributed by atoms with E-state index in [2.05, 4.69) is 6.92 Å². The average Bonchev–Trinajstić information content (AvgIpc) is 2.65. The van der Waals surface area contributed by atoms with E-state index in [1.165, 1.54) is 0 Å². The molecular weight excluding hydrogens is 190 g/mol. The van der Waals surface area contributed by atoms with E-state index in [0.717, 1.165) is 45.2 Å². The number of carbonyl (C=O) groups is 1. The molecule has 0 radical (unpaired) electrons. The zero-order valence-electron chi connectivity index (χ0n) is 9.48. The highest BCUT2D eigenvalue weighted by Crippen LogP contribution is 2.27. The Morgan fingerprint density at radius 1 is 1.20 bits per heavy atom. The Balaban J connectivity index is 1.85. The average molecular weight is 211 g/mol. The number of nitrogens with zero attached hydrogens (tertiary/aromatic N) is 1. The van der Waals surface area contributed by atoms with E-state index in [9.17, 15) is 9.90 Å². The highest BCUT2D eigenvalue weighted by molar-refractivity contribution is 5.79. The summed E-state index contributed by atoms with van der Waals surface area (Å²) in [5, 5.41) is 9.39. The molecular formula is C12H21NO2. The van der Waals surface area contributed by atoms with Gasteiger partial charge < -0.3 is 10.0 Å². The van der Waals surface area contributed by atoms with Crippen molar-refractivity contribution < 1.29 is 9.90 Å². The van der Waals surface area contributed by atoms with E-state index in [1.807, 2.05) is 4.90 Å². The van der Waals surface area contributed by atoms with Crippen LogP contribution < -0.4 is 0 Å². The maximum atomic E-state index is 12.1. The van der Waals surface area contributed by atoms with Crippen LogP contribution in [0.15, 0.2) is 0 Å². The fraction of sp³-hybridized carbons (Fsp3) is 0.917. The molecule has 0 bridgehead atoms. The van der Waals surface area contributed by atoms with E-state index in [-0.39, 0.29) is 12.0 Å². The van der Waals surface area contributed by atoms with E-state index in [4.69, 9.17) is 0 Å². The summed E-state index contributed by atoms with van der Waals surface area (Å²) in [6.07, 6.45) is 4.36. The van der Waals surface area contributed by atoms with Crippen molar-refractivity contribution in [1.29, 1.82) is 0 Å². The van der Waals surface area contributed by atoms with E-state index in [0.29, 0.717) is 11.8 Å². The molecule has 2 fully saturated rings. The number of hydrogen-bond acceptors (Lipinski definition) is 2. The maximum absolute atomic E-state index is 12.1. The lowest BCUT2D eigenvalue weighted by molar-refractivity contribution is -0.136. The van der Waals surface area contributed by atoms with Gasteiger partial charge in [0.2, 0.25) is 5.91 Å². The van der Waals surface area contributed by atoms with Crippen LogP contribution >= 0.6 is 0 Å². The van der Waals surface area contributed by atoms with Gasteiger partial charge in [0, 0.05) is 19.0 Å². The molecule has 1 aliphatic carbocycles. The Bertz CT molecular complexity index is 234. The fourth-order valence-corrected chi connectivity index (χ4v) is 2.72. The molecule has 2 rings (SSSR count). The third-order valence-electron chi connectivity index (χ3n) is 3.78. The third kappa shape index (κ3) is 2.51. The third-order valence-corrected chi connectivity index (χ3v) is 3.78. The zero-order chi connectivity index (χ0) is 10.8. The van der Waals surface area contributed by atoms with Crippen molar-refractivity contribution in [3.05, 3.63) is 0 Å². The van der Waals surface area contributed by atoms with E-state index >= 15 is 0 Å². The van der Waals surface area contributed by atoms with Crippen molar-refractivity contribution in [2.24, 2.45) is 11.8 Å². The second-order valence-electron chi connectivity index (χ2n) is 5.18. The van der Waals surface area contributed by atoms with Gasteiger partial charge in [0.25, 0.3) is 0 Å². The van der Waals surface area contributed by atoms with Crippen LogP contribution in [0.25, 0.3) is 0 Å². The molecule has 0 aromatic carbocycles. The first-order valence-electron chi connectivity index (χ1n) is 6.13. The summed E-state index contributed by atoms with van der Waals surface area (Å²) >= 11 is 0. The molecule has 0 aromatic heterocycles. The van der Waals surface area contributed by atoms with Crippen molar-refractivity contribution in [3.63, 3.8) is 0 Å². The molecule has 1 saturated heterocycles. The summed E-state index contributed by atoms with van der Waals surface area (Å²) in [4.78, 5) is 14.1. The van der Waals surface area contributed by atoms with Gasteiger partial charge in [0.05, 0.1) is 6.10 Å². The zero-order valence-corrected chi connectivity index (χ0v) is 9.48. The van der Waals surface area contributed by atoms with Crippen molar-refractivity contribution in [1.82, 2.24) is 4.90 Å². The summed E-state index contributed by atoms with van der Waals surface area (Å²) in [6, 6.07) is 0. The fourth-order valence-electron chi connectivity index (χ4n) is 2.72. The molecule has 1 aliphatic heterocycles. The number of amides is 1. The summed E-state index contributed by atoms with van der Waals surface area (Å²) in [6.45, 7) is 4.09. The lowest BCUT2D eigenvalue weighted by atomic mass is 9.86. The van der Waals surface area contributed by atoms with Crippen LogP contribution in [0.2, 0.25) is 0 Å². The highest BCUT2D eigenvalue weighted by Gasteiger charge is 2.31. The van der Waals surface area contributed by atoms with E-state index in [1.54, 1.807) is 0 Å². The van der Waals surface area contributed by atoms with Gasteiger partial charge in [0.1, 0.15) is 0 Å². The second kappa shape index (κ2) is 4.52. The van der Waals surface area contributed by atoms with Gasteiger partial charge in [-0.05, 0) is 38.0 Å². The van der Waals surface area contributed by atoms with Crippen molar-refractivity contribution in [2.45, 2.75) is 45.1 Å². The summed E-state index contributed by atoms with van der Waals surface area (Å²) in [5.41, 5.74) is 0. The van der Waals surface area contributed by atoms with Crippen LogP contribution in [-0.2, 0) is 4.79 Å². The van der Waals surface area contributed by atoms with Crippen molar-refractivity contribution in [2.75, 3.05) is 13.1 Å². The van der Waals surface area contributed by atoms with Crippen LogP contribution in [0.4, 0.5) is 0 Å². The number of rotatable bonds is 1. The molecule has 15 heavy (non-hydrogen) atoms. The molecule has 1 atom stereocenters. The standard InChI is InChI=1S/C12H21NO2/c1-9-6-7-13(8-9)12(15)10-2-4-11(14)5-3-10/h9-11,14H,2-8H2,1H3/t9-,10?,11?/m0/s1. The molecule has 1 N–H and O–H groups in total. The maximum Gasteiger partial charge on any atom is 0.225 e. The molecule has 2 aliphatic rings. The molecule has 1 heterocycles. The monoisotopic (exact) mass is 211 g/mol. The predicted octanol–water partition coefficient (Wildman–Crippen LogP) is 1.41. The summed E-state index contributed by atoms with van der Waals surface area (Å²) in [7, 11) is 0. The van der Waals surface area contributed by atoms with Gasteiger partial charge in [-0.25, -0.2) is 0 Å². The first-order valence-corrected chi connectivity index (χ1v) is 6.13. The van der Waals surface area contributed by atoms with Crippen LogP contribution in [0.5, 0.6) is 0 Å². The number of likely N-dealkylation sites (tertiary alicyclic amines) is 1. The first-order chi connectivity index (χ1) is 7.16. The molecule has 0 aromatic rings. The minimum atomic E-state index is -0.161. The van der Waals surface area contributed by atoms with Gasteiger partial charge in [-0.1, -0.05) is 6.92 Å². The Labute approximate surface area is 91.5 Å².